The van der Waals surface area contributed by atoms with Crippen molar-refractivity contribution in [3.05, 3.63) is 71.0 Å². The molecule has 0 atom stereocenters. The van der Waals surface area contributed by atoms with E-state index in [2.05, 4.69) is 31.2 Å². The molecule has 0 heterocycles. The molecule has 0 radical (unpaired) electrons. The maximum atomic E-state index is 12.7. The van der Waals surface area contributed by atoms with Gasteiger partial charge in [0.15, 0.2) is 0 Å². The Hall–Kier alpha value is -1.89. The van der Waals surface area contributed by atoms with Crippen molar-refractivity contribution >= 4 is 12.2 Å². The molecular formula is C16H15F. The van der Waals surface area contributed by atoms with Crippen molar-refractivity contribution in [2.45, 2.75) is 13.3 Å². The molecule has 17 heavy (non-hydrogen) atoms. The molecule has 0 spiro atoms. The first-order valence-electron chi connectivity index (χ1n) is 5.80. The molecule has 0 bridgehead atoms. The Labute approximate surface area is 101 Å². The maximum absolute atomic E-state index is 12.7. The lowest BCUT2D eigenvalue weighted by molar-refractivity contribution is 0.628. The van der Waals surface area contributed by atoms with Gasteiger partial charge < -0.3 is 0 Å². The lowest BCUT2D eigenvalue weighted by Gasteiger charge is -1.98. The zero-order chi connectivity index (χ0) is 12.1. The fourth-order valence-corrected chi connectivity index (χ4v) is 1.68. The van der Waals surface area contributed by atoms with E-state index in [-0.39, 0.29) is 5.82 Å². The minimum atomic E-state index is -0.199. The number of halogens is 1. The van der Waals surface area contributed by atoms with Crippen molar-refractivity contribution < 1.29 is 4.39 Å². The van der Waals surface area contributed by atoms with Gasteiger partial charge in [-0.15, -0.1) is 0 Å². The van der Waals surface area contributed by atoms with Crippen molar-refractivity contribution in [1.29, 1.82) is 0 Å². The monoisotopic (exact) mass is 226 g/mol. The number of rotatable bonds is 3. The molecule has 0 aliphatic heterocycles. The summed E-state index contributed by atoms with van der Waals surface area (Å²) in [4.78, 5) is 0. The van der Waals surface area contributed by atoms with Gasteiger partial charge in [0.25, 0.3) is 0 Å². The lowest BCUT2D eigenvalue weighted by atomic mass is 10.1. The van der Waals surface area contributed by atoms with Crippen molar-refractivity contribution in [2.75, 3.05) is 0 Å². The molecular weight excluding hydrogens is 211 g/mol. The maximum Gasteiger partial charge on any atom is 0.123 e. The second-order valence-corrected chi connectivity index (χ2v) is 3.98. The SMILES string of the molecule is CCc1cccc(C=Cc2ccc(F)cc2)c1. The molecule has 2 aromatic carbocycles. The fourth-order valence-electron chi connectivity index (χ4n) is 1.68. The average Bonchev–Trinajstić information content (AvgIpc) is 2.38. The van der Waals surface area contributed by atoms with E-state index in [0.717, 1.165) is 12.0 Å². The van der Waals surface area contributed by atoms with Crippen LogP contribution in [0.15, 0.2) is 48.5 Å². The van der Waals surface area contributed by atoms with Crippen LogP contribution in [-0.4, -0.2) is 0 Å². The van der Waals surface area contributed by atoms with Crippen molar-refractivity contribution in [1.82, 2.24) is 0 Å². The Kier molecular flexibility index (Phi) is 3.71. The van der Waals surface area contributed by atoms with Gasteiger partial charge in [-0.1, -0.05) is 55.5 Å². The van der Waals surface area contributed by atoms with Crippen LogP contribution in [0.1, 0.15) is 23.6 Å². The highest BCUT2D eigenvalue weighted by Crippen LogP contribution is 2.11. The summed E-state index contributed by atoms with van der Waals surface area (Å²) < 4.78 is 12.7. The Bertz CT molecular complexity index is 509. The molecule has 86 valence electrons. The van der Waals surface area contributed by atoms with E-state index in [1.165, 1.54) is 23.3 Å². The summed E-state index contributed by atoms with van der Waals surface area (Å²) in [5.74, 6) is -0.199. The van der Waals surface area contributed by atoms with E-state index in [0.29, 0.717) is 0 Å². The van der Waals surface area contributed by atoms with Gasteiger partial charge in [-0.25, -0.2) is 4.39 Å². The molecule has 0 unspecified atom stereocenters. The Balaban J connectivity index is 2.16. The lowest BCUT2D eigenvalue weighted by Crippen LogP contribution is -1.80. The van der Waals surface area contributed by atoms with Gasteiger partial charge in [0.05, 0.1) is 0 Å². The first-order chi connectivity index (χ1) is 8.28. The predicted octanol–water partition coefficient (Wildman–Crippen LogP) is 4.56. The van der Waals surface area contributed by atoms with Crippen LogP contribution in [0.25, 0.3) is 12.2 Å². The van der Waals surface area contributed by atoms with E-state index < -0.39 is 0 Å². The Morgan fingerprint density at radius 3 is 2.35 bits per heavy atom. The summed E-state index contributed by atoms with van der Waals surface area (Å²) in [7, 11) is 0. The van der Waals surface area contributed by atoms with Gasteiger partial charge >= 0.3 is 0 Å². The van der Waals surface area contributed by atoms with Crippen LogP contribution in [0.5, 0.6) is 0 Å². The molecule has 2 rings (SSSR count). The zero-order valence-corrected chi connectivity index (χ0v) is 9.86. The van der Waals surface area contributed by atoms with Crippen LogP contribution < -0.4 is 0 Å². The molecule has 0 aromatic heterocycles. The van der Waals surface area contributed by atoms with Gasteiger partial charge in [-0.2, -0.15) is 0 Å². The normalized spacial score (nSPS) is 10.9. The third-order valence-electron chi connectivity index (χ3n) is 2.70. The van der Waals surface area contributed by atoms with Crippen LogP contribution in [0.3, 0.4) is 0 Å². The summed E-state index contributed by atoms with van der Waals surface area (Å²) in [5, 5.41) is 0. The van der Waals surface area contributed by atoms with Gasteiger partial charge in [0, 0.05) is 0 Å². The summed E-state index contributed by atoms with van der Waals surface area (Å²) in [6.07, 6.45) is 5.08. The molecule has 0 N–H and O–H groups in total. The molecule has 0 aliphatic rings. The minimum Gasteiger partial charge on any atom is -0.207 e. The van der Waals surface area contributed by atoms with Crippen LogP contribution in [0, 0.1) is 5.82 Å². The third kappa shape index (κ3) is 3.28. The fraction of sp³-hybridized carbons (Fsp3) is 0.125. The second-order valence-electron chi connectivity index (χ2n) is 3.98. The molecule has 0 nitrogen and oxygen atoms in total. The summed E-state index contributed by atoms with van der Waals surface area (Å²) in [6, 6.07) is 14.9. The van der Waals surface area contributed by atoms with Gasteiger partial charge in [0.1, 0.15) is 5.82 Å². The van der Waals surface area contributed by atoms with Crippen LogP contribution in [0.2, 0.25) is 0 Å². The van der Waals surface area contributed by atoms with Crippen molar-refractivity contribution in [3.8, 4) is 0 Å². The molecule has 0 saturated carbocycles. The number of hydrogen-bond donors (Lipinski definition) is 0. The van der Waals surface area contributed by atoms with E-state index >= 15 is 0 Å². The molecule has 0 amide bonds. The number of aryl methyl sites for hydroxylation is 1. The van der Waals surface area contributed by atoms with Crippen LogP contribution in [0.4, 0.5) is 4.39 Å². The molecule has 0 aliphatic carbocycles. The Morgan fingerprint density at radius 2 is 1.65 bits per heavy atom. The zero-order valence-electron chi connectivity index (χ0n) is 9.86. The van der Waals surface area contributed by atoms with Gasteiger partial charge in [0.2, 0.25) is 0 Å². The number of hydrogen-bond acceptors (Lipinski definition) is 0. The van der Waals surface area contributed by atoms with Crippen LogP contribution in [-0.2, 0) is 6.42 Å². The predicted molar refractivity (Wildman–Crippen MR) is 71.1 cm³/mol. The molecule has 0 saturated heterocycles. The molecule has 2 aromatic rings. The standard InChI is InChI=1S/C16H15F/c1-2-13-4-3-5-15(12-13)7-6-14-8-10-16(17)11-9-14/h3-12H,2H2,1H3. The van der Waals surface area contributed by atoms with E-state index in [4.69, 9.17) is 0 Å². The first-order valence-corrected chi connectivity index (χ1v) is 5.80. The summed E-state index contributed by atoms with van der Waals surface area (Å²) >= 11 is 0. The summed E-state index contributed by atoms with van der Waals surface area (Å²) in [6.45, 7) is 2.14. The van der Waals surface area contributed by atoms with Gasteiger partial charge in [-0.3, -0.25) is 0 Å². The van der Waals surface area contributed by atoms with E-state index in [1.807, 2.05) is 12.2 Å². The van der Waals surface area contributed by atoms with Crippen LogP contribution >= 0.6 is 0 Å². The largest absolute Gasteiger partial charge is 0.207 e. The minimum absolute atomic E-state index is 0.199. The average molecular weight is 226 g/mol. The highest BCUT2D eigenvalue weighted by molar-refractivity contribution is 5.69. The molecule has 0 fully saturated rings. The van der Waals surface area contributed by atoms with Crippen molar-refractivity contribution in [2.24, 2.45) is 0 Å². The quantitative estimate of drug-likeness (QED) is 0.673. The van der Waals surface area contributed by atoms with Crippen molar-refractivity contribution in [3.63, 3.8) is 0 Å². The van der Waals surface area contributed by atoms with E-state index in [1.54, 1.807) is 12.1 Å². The topological polar surface area (TPSA) is 0 Å². The highest BCUT2D eigenvalue weighted by atomic mass is 19.1. The highest BCUT2D eigenvalue weighted by Gasteiger charge is 1.92. The second kappa shape index (κ2) is 5.44. The van der Waals surface area contributed by atoms with E-state index in [9.17, 15) is 4.39 Å². The summed E-state index contributed by atoms with van der Waals surface area (Å²) in [5.41, 5.74) is 3.51. The first kappa shape index (κ1) is 11.6. The smallest absolute Gasteiger partial charge is 0.123 e. The Morgan fingerprint density at radius 1 is 0.941 bits per heavy atom. The van der Waals surface area contributed by atoms with Gasteiger partial charge in [-0.05, 0) is 35.2 Å². The molecule has 1 heteroatoms. The number of benzene rings is 2. The third-order valence-corrected chi connectivity index (χ3v) is 2.70.